The van der Waals surface area contributed by atoms with E-state index in [0.717, 1.165) is 11.3 Å². The van der Waals surface area contributed by atoms with Crippen LogP contribution in [0.25, 0.3) is 5.69 Å². The highest BCUT2D eigenvalue weighted by atomic mass is 35.5. The Morgan fingerprint density at radius 1 is 1.13 bits per heavy atom. The van der Waals surface area contributed by atoms with Crippen molar-refractivity contribution in [1.29, 1.82) is 0 Å². The molecule has 116 valence electrons. The van der Waals surface area contributed by atoms with Gasteiger partial charge in [-0.2, -0.15) is 0 Å². The predicted octanol–water partition coefficient (Wildman–Crippen LogP) is 2.64. The summed E-state index contributed by atoms with van der Waals surface area (Å²) in [4.78, 5) is 11.9. The summed E-state index contributed by atoms with van der Waals surface area (Å²) in [7, 11) is 0. The summed E-state index contributed by atoms with van der Waals surface area (Å²) in [5.41, 5.74) is 2.33. The summed E-state index contributed by atoms with van der Waals surface area (Å²) in [6.45, 7) is 0.355. The molecule has 0 bridgehead atoms. The minimum atomic E-state index is -0.305. The minimum absolute atomic E-state index is 0.305. The van der Waals surface area contributed by atoms with E-state index in [1.54, 1.807) is 30.3 Å². The van der Waals surface area contributed by atoms with Gasteiger partial charge in [-0.3, -0.25) is 0 Å². The second-order valence-electron chi connectivity index (χ2n) is 4.70. The summed E-state index contributed by atoms with van der Waals surface area (Å²) in [6.07, 6.45) is 1.50. The number of hydrogen-bond acceptors (Lipinski definition) is 4. The molecule has 0 aliphatic heterocycles. The summed E-state index contributed by atoms with van der Waals surface area (Å²) in [6, 6.07) is 14.2. The third-order valence-corrected chi connectivity index (χ3v) is 3.50. The van der Waals surface area contributed by atoms with Crippen LogP contribution >= 0.6 is 11.6 Å². The van der Waals surface area contributed by atoms with E-state index in [2.05, 4.69) is 26.2 Å². The lowest BCUT2D eigenvalue weighted by Gasteiger charge is -2.09. The molecule has 3 aromatic rings. The molecule has 1 heterocycles. The van der Waals surface area contributed by atoms with E-state index in [1.807, 2.05) is 18.2 Å². The molecule has 1 aromatic heterocycles. The first kappa shape index (κ1) is 15.0. The van der Waals surface area contributed by atoms with Crippen LogP contribution in [0.4, 0.5) is 10.5 Å². The molecule has 0 aliphatic rings. The highest BCUT2D eigenvalue weighted by Crippen LogP contribution is 2.15. The first-order valence-electron chi connectivity index (χ1n) is 6.84. The average molecular weight is 329 g/mol. The van der Waals surface area contributed by atoms with E-state index in [1.165, 1.54) is 11.0 Å². The van der Waals surface area contributed by atoms with Crippen LogP contribution in [0.3, 0.4) is 0 Å². The molecule has 23 heavy (non-hydrogen) atoms. The molecule has 0 radical (unpaired) electrons. The number of carbonyl (C=O) groups is 1. The fourth-order valence-corrected chi connectivity index (χ4v) is 2.17. The summed E-state index contributed by atoms with van der Waals surface area (Å²) in [5, 5.41) is 17.1. The van der Waals surface area contributed by atoms with E-state index in [4.69, 9.17) is 11.6 Å². The largest absolute Gasteiger partial charge is 0.334 e. The Labute approximate surface area is 137 Å². The first-order chi connectivity index (χ1) is 11.2. The van der Waals surface area contributed by atoms with Crippen LogP contribution in [0.5, 0.6) is 0 Å². The third kappa shape index (κ3) is 3.83. The van der Waals surface area contributed by atoms with Gasteiger partial charge < -0.3 is 10.6 Å². The molecular weight excluding hydrogens is 316 g/mol. The van der Waals surface area contributed by atoms with Crippen LogP contribution in [0.2, 0.25) is 5.02 Å². The highest BCUT2D eigenvalue weighted by molar-refractivity contribution is 6.31. The number of nitrogens with one attached hydrogen (secondary N) is 2. The van der Waals surface area contributed by atoms with Gasteiger partial charge in [-0.05, 0) is 46.3 Å². The van der Waals surface area contributed by atoms with Gasteiger partial charge >= 0.3 is 6.03 Å². The maximum Gasteiger partial charge on any atom is 0.319 e. The molecule has 3 rings (SSSR count). The number of amides is 2. The van der Waals surface area contributed by atoms with E-state index >= 15 is 0 Å². The van der Waals surface area contributed by atoms with Crippen LogP contribution in [0.1, 0.15) is 5.56 Å². The smallest absolute Gasteiger partial charge is 0.319 e. The fourth-order valence-electron chi connectivity index (χ4n) is 1.97. The molecule has 0 fully saturated rings. The molecule has 0 saturated carbocycles. The van der Waals surface area contributed by atoms with Gasteiger partial charge in [0, 0.05) is 17.3 Å². The molecule has 2 amide bonds. The van der Waals surface area contributed by atoms with Crippen LogP contribution in [-0.2, 0) is 6.54 Å². The Balaban J connectivity index is 1.57. The van der Waals surface area contributed by atoms with E-state index in [-0.39, 0.29) is 6.03 Å². The van der Waals surface area contributed by atoms with Crippen molar-refractivity contribution >= 4 is 23.3 Å². The van der Waals surface area contributed by atoms with Crippen LogP contribution in [0, 0.1) is 0 Å². The lowest BCUT2D eigenvalue weighted by molar-refractivity contribution is 0.251. The number of halogens is 1. The third-order valence-electron chi connectivity index (χ3n) is 3.14. The predicted molar refractivity (Wildman–Crippen MR) is 86.5 cm³/mol. The van der Waals surface area contributed by atoms with Gasteiger partial charge in [-0.25, -0.2) is 9.48 Å². The normalized spacial score (nSPS) is 10.3. The standard InChI is InChI=1S/C15H13ClN6O/c16-14-4-2-1-3-11(14)9-17-15(23)19-12-5-7-13(8-6-12)22-10-18-20-21-22/h1-8,10H,9H2,(H2,17,19,23). The van der Waals surface area contributed by atoms with Crippen molar-refractivity contribution in [2.45, 2.75) is 6.54 Å². The van der Waals surface area contributed by atoms with Crippen molar-refractivity contribution in [3.05, 3.63) is 65.4 Å². The molecule has 0 saturated heterocycles. The lowest BCUT2D eigenvalue weighted by Crippen LogP contribution is -2.28. The Hall–Kier alpha value is -2.93. The SMILES string of the molecule is O=C(NCc1ccccc1Cl)Nc1ccc(-n2cnnn2)cc1. The van der Waals surface area contributed by atoms with Crippen molar-refractivity contribution in [2.24, 2.45) is 0 Å². The molecule has 0 atom stereocenters. The number of aromatic nitrogens is 4. The quantitative estimate of drug-likeness (QED) is 0.771. The minimum Gasteiger partial charge on any atom is -0.334 e. The number of rotatable bonds is 4. The van der Waals surface area contributed by atoms with Crippen LogP contribution < -0.4 is 10.6 Å². The zero-order chi connectivity index (χ0) is 16.1. The molecule has 7 nitrogen and oxygen atoms in total. The number of tetrazole rings is 1. The maximum atomic E-state index is 11.9. The summed E-state index contributed by atoms with van der Waals surface area (Å²) >= 11 is 6.04. The number of carbonyl (C=O) groups excluding carboxylic acids is 1. The number of nitrogens with zero attached hydrogens (tertiary/aromatic N) is 4. The monoisotopic (exact) mass is 328 g/mol. The van der Waals surface area contributed by atoms with Crippen LogP contribution in [-0.4, -0.2) is 26.2 Å². The van der Waals surface area contributed by atoms with Crippen molar-refractivity contribution < 1.29 is 4.79 Å². The number of urea groups is 1. The van der Waals surface area contributed by atoms with Gasteiger partial charge in [-0.15, -0.1) is 5.10 Å². The average Bonchev–Trinajstić information content (AvgIpc) is 3.09. The fraction of sp³-hybridized carbons (Fsp3) is 0.0667. The number of anilines is 1. The van der Waals surface area contributed by atoms with Crippen LogP contribution in [0.15, 0.2) is 54.9 Å². The van der Waals surface area contributed by atoms with Gasteiger partial charge in [0.1, 0.15) is 6.33 Å². The van der Waals surface area contributed by atoms with Crippen molar-refractivity contribution in [3.63, 3.8) is 0 Å². The number of hydrogen-bond donors (Lipinski definition) is 2. The second kappa shape index (κ2) is 6.89. The zero-order valence-corrected chi connectivity index (χ0v) is 12.7. The van der Waals surface area contributed by atoms with Gasteiger partial charge in [0.15, 0.2) is 0 Å². The topological polar surface area (TPSA) is 84.7 Å². The molecule has 2 aromatic carbocycles. The lowest BCUT2D eigenvalue weighted by atomic mass is 10.2. The molecule has 8 heteroatoms. The van der Waals surface area contributed by atoms with E-state index in [9.17, 15) is 4.79 Å². The Morgan fingerprint density at radius 3 is 2.61 bits per heavy atom. The maximum absolute atomic E-state index is 11.9. The first-order valence-corrected chi connectivity index (χ1v) is 7.22. The zero-order valence-electron chi connectivity index (χ0n) is 12.0. The van der Waals surface area contributed by atoms with Gasteiger partial charge in [0.05, 0.1) is 5.69 Å². The van der Waals surface area contributed by atoms with Crippen molar-refractivity contribution in [2.75, 3.05) is 5.32 Å². The molecular formula is C15H13ClN6O. The van der Waals surface area contributed by atoms with E-state index in [0.29, 0.717) is 17.3 Å². The van der Waals surface area contributed by atoms with Crippen molar-refractivity contribution in [1.82, 2.24) is 25.5 Å². The molecule has 0 unspecified atom stereocenters. The summed E-state index contributed by atoms with van der Waals surface area (Å²) < 4.78 is 1.53. The van der Waals surface area contributed by atoms with Crippen molar-refractivity contribution in [3.8, 4) is 5.69 Å². The summed E-state index contributed by atoms with van der Waals surface area (Å²) in [5.74, 6) is 0. The molecule has 0 aliphatic carbocycles. The van der Waals surface area contributed by atoms with Gasteiger partial charge in [0.25, 0.3) is 0 Å². The number of benzene rings is 2. The van der Waals surface area contributed by atoms with Gasteiger partial charge in [-0.1, -0.05) is 29.8 Å². The second-order valence-corrected chi connectivity index (χ2v) is 5.11. The van der Waals surface area contributed by atoms with Gasteiger partial charge in [0.2, 0.25) is 0 Å². The highest BCUT2D eigenvalue weighted by Gasteiger charge is 2.04. The molecule has 0 spiro atoms. The van der Waals surface area contributed by atoms with E-state index < -0.39 is 0 Å². The Morgan fingerprint density at radius 2 is 1.91 bits per heavy atom. The molecule has 2 N–H and O–H groups in total. The Kier molecular flexibility index (Phi) is 4.49. The Bertz CT molecular complexity index is 788.